The van der Waals surface area contributed by atoms with E-state index in [1.54, 1.807) is 19.1 Å². The summed E-state index contributed by atoms with van der Waals surface area (Å²) in [7, 11) is -3.64. The highest BCUT2D eigenvalue weighted by Gasteiger charge is 2.42. The maximum Gasteiger partial charge on any atom is 0.243 e. The zero-order chi connectivity index (χ0) is 17.6. The molecule has 6 nitrogen and oxygen atoms in total. The van der Waals surface area contributed by atoms with E-state index in [1.165, 1.54) is 9.87 Å². The van der Waals surface area contributed by atoms with E-state index in [0.717, 1.165) is 24.8 Å². The quantitative estimate of drug-likeness (QED) is 0.900. The maximum absolute atomic E-state index is 13.5. The average Bonchev–Trinajstić information content (AvgIpc) is 3.32. The smallest absolute Gasteiger partial charge is 0.243 e. The lowest BCUT2D eigenvalue weighted by atomic mass is 9.97. The minimum absolute atomic E-state index is 0.161. The zero-order valence-corrected chi connectivity index (χ0v) is 14.9. The van der Waals surface area contributed by atoms with Gasteiger partial charge < -0.3 is 0 Å². The SMILES string of the molecule is Cc1nc([C@@H]2CN(S(=O)(=O)c3ccc4c(c3)CCC4)C[C@H]2CF)n[nH]1. The largest absolute Gasteiger partial charge is 0.263 e. The van der Waals surface area contributed by atoms with Gasteiger partial charge in [-0.25, -0.2) is 13.4 Å². The number of nitrogens with zero attached hydrogens (tertiary/aromatic N) is 3. The molecule has 1 aliphatic carbocycles. The number of sulfonamides is 1. The van der Waals surface area contributed by atoms with Gasteiger partial charge in [0.2, 0.25) is 10.0 Å². The van der Waals surface area contributed by atoms with Crippen molar-refractivity contribution in [3.05, 3.63) is 41.0 Å². The molecular weight excluding hydrogens is 343 g/mol. The predicted octanol–water partition coefficient (Wildman–Crippen LogP) is 1.98. The Kier molecular flexibility index (Phi) is 4.11. The molecule has 0 unspecified atom stereocenters. The van der Waals surface area contributed by atoms with Gasteiger partial charge in [-0.05, 0) is 49.4 Å². The Bertz CT molecular complexity index is 896. The molecule has 8 heteroatoms. The molecule has 1 N–H and O–H groups in total. The summed E-state index contributed by atoms with van der Waals surface area (Å²) < 4.78 is 40.9. The first-order chi connectivity index (χ1) is 12.0. The van der Waals surface area contributed by atoms with Crippen molar-refractivity contribution in [1.29, 1.82) is 0 Å². The minimum Gasteiger partial charge on any atom is -0.263 e. The van der Waals surface area contributed by atoms with Gasteiger partial charge in [0.1, 0.15) is 5.82 Å². The lowest BCUT2D eigenvalue weighted by Gasteiger charge is -2.17. The van der Waals surface area contributed by atoms with E-state index in [9.17, 15) is 12.8 Å². The molecule has 1 aromatic heterocycles. The summed E-state index contributed by atoms with van der Waals surface area (Å²) in [5.74, 6) is 0.401. The standard InChI is InChI=1S/C17H21FN4O2S/c1-11-19-17(21-20-11)16-10-22(9-14(16)8-18)25(23,24)15-6-5-12-3-2-4-13(12)7-15/h5-7,14,16H,2-4,8-10H2,1H3,(H,19,20,21)/t14-,16-/m1/s1. The number of rotatable bonds is 4. The van der Waals surface area contributed by atoms with Crippen LogP contribution in [0.1, 0.15) is 35.1 Å². The number of hydrogen-bond donors (Lipinski definition) is 1. The monoisotopic (exact) mass is 364 g/mol. The van der Waals surface area contributed by atoms with Gasteiger partial charge in [-0.1, -0.05) is 6.07 Å². The fourth-order valence-corrected chi connectivity index (χ4v) is 5.43. The van der Waals surface area contributed by atoms with Crippen molar-refractivity contribution in [3.8, 4) is 0 Å². The number of nitrogens with one attached hydrogen (secondary N) is 1. The van der Waals surface area contributed by atoms with Crippen molar-refractivity contribution in [2.75, 3.05) is 19.8 Å². The van der Waals surface area contributed by atoms with Crippen LogP contribution in [0.25, 0.3) is 0 Å². The van der Waals surface area contributed by atoms with Crippen LogP contribution in [0.2, 0.25) is 0 Å². The average molecular weight is 364 g/mol. The number of alkyl halides is 1. The topological polar surface area (TPSA) is 79.0 Å². The van der Waals surface area contributed by atoms with Crippen LogP contribution in [0.4, 0.5) is 4.39 Å². The van der Waals surface area contributed by atoms with Crippen LogP contribution >= 0.6 is 0 Å². The molecule has 2 aromatic rings. The molecular formula is C17H21FN4O2S. The van der Waals surface area contributed by atoms with Gasteiger partial charge in [-0.2, -0.15) is 9.40 Å². The number of aromatic amines is 1. The summed E-state index contributed by atoms with van der Waals surface area (Å²) in [5.41, 5.74) is 2.35. The van der Waals surface area contributed by atoms with Crippen LogP contribution in [0.5, 0.6) is 0 Å². The van der Waals surface area contributed by atoms with Crippen LogP contribution in [-0.4, -0.2) is 47.7 Å². The summed E-state index contributed by atoms with van der Waals surface area (Å²) in [6.07, 6.45) is 3.00. The highest BCUT2D eigenvalue weighted by Crippen LogP contribution is 2.35. The third kappa shape index (κ3) is 2.87. The molecule has 0 amide bonds. The van der Waals surface area contributed by atoms with Crippen molar-refractivity contribution in [1.82, 2.24) is 19.5 Å². The number of aryl methyl sites for hydroxylation is 3. The van der Waals surface area contributed by atoms with Crippen molar-refractivity contribution in [2.45, 2.75) is 37.0 Å². The Morgan fingerprint density at radius 2 is 2.08 bits per heavy atom. The van der Waals surface area contributed by atoms with E-state index in [4.69, 9.17) is 0 Å². The van der Waals surface area contributed by atoms with E-state index >= 15 is 0 Å². The normalized spacial score (nSPS) is 23.9. The van der Waals surface area contributed by atoms with Crippen molar-refractivity contribution in [3.63, 3.8) is 0 Å². The van der Waals surface area contributed by atoms with Gasteiger partial charge in [0.25, 0.3) is 0 Å². The van der Waals surface area contributed by atoms with E-state index in [2.05, 4.69) is 15.2 Å². The molecule has 4 rings (SSSR count). The summed E-state index contributed by atoms with van der Waals surface area (Å²) in [4.78, 5) is 4.58. The van der Waals surface area contributed by atoms with Crippen molar-refractivity contribution < 1.29 is 12.8 Å². The molecule has 134 valence electrons. The third-order valence-corrected chi connectivity index (χ3v) is 7.09. The summed E-state index contributed by atoms with van der Waals surface area (Å²) in [6.45, 7) is 1.56. The second-order valence-corrected chi connectivity index (χ2v) is 8.84. The van der Waals surface area contributed by atoms with E-state index in [-0.39, 0.29) is 19.0 Å². The number of benzene rings is 1. The van der Waals surface area contributed by atoms with Crippen LogP contribution in [0, 0.1) is 12.8 Å². The highest BCUT2D eigenvalue weighted by atomic mass is 32.2. The number of hydrogen-bond acceptors (Lipinski definition) is 4. The molecule has 2 atom stereocenters. The Balaban J connectivity index is 1.62. The molecule has 1 aliphatic heterocycles. The first kappa shape index (κ1) is 16.7. The summed E-state index contributed by atoms with van der Waals surface area (Å²) >= 11 is 0. The molecule has 0 radical (unpaired) electrons. The Labute approximate surface area is 146 Å². The first-order valence-corrected chi connectivity index (χ1v) is 10.00. The Hall–Kier alpha value is -1.80. The minimum atomic E-state index is -3.64. The van der Waals surface area contributed by atoms with Crippen LogP contribution < -0.4 is 0 Å². The highest BCUT2D eigenvalue weighted by molar-refractivity contribution is 7.89. The number of fused-ring (bicyclic) bond motifs is 1. The van der Waals surface area contributed by atoms with Crippen LogP contribution in [0.3, 0.4) is 0 Å². The molecule has 25 heavy (non-hydrogen) atoms. The van der Waals surface area contributed by atoms with Crippen molar-refractivity contribution in [2.24, 2.45) is 5.92 Å². The first-order valence-electron chi connectivity index (χ1n) is 8.56. The van der Waals surface area contributed by atoms with Crippen LogP contribution in [0.15, 0.2) is 23.1 Å². The maximum atomic E-state index is 13.5. The molecule has 1 saturated heterocycles. The number of aromatic nitrogens is 3. The van der Waals surface area contributed by atoms with Crippen LogP contribution in [-0.2, 0) is 22.9 Å². The number of H-pyrrole nitrogens is 1. The number of halogens is 1. The van der Waals surface area contributed by atoms with Crippen molar-refractivity contribution >= 4 is 10.0 Å². The summed E-state index contributed by atoms with van der Waals surface area (Å²) in [6, 6.07) is 5.37. The fourth-order valence-electron chi connectivity index (χ4n) is 3.86. The second-order valence-electron chi connectivity index (χ2n) is 6.91. The molecule has 2 heterocycles. The van der Waals surface area contributed by atoms with E-state index in [1.807, 2.05) is 6.07 Å². The third-order valence-electron chi connectivity index (χ3n) is 5.26. The molecule has 0 spiro atoms. The van der Waals surface area contributed by atoms with E-state index < -0.39 is 22.6 Å². The van der Waals surface area contributed by atoms with E-state index in [0.29, 0.717) is 16.5 Å². The summed E-state index contributed by atoms with van der Waals surface area (Å²) in [5, 5.41) is 6.86. The van der Waals surface area contributed by atoms with Gasteiger partial charge in [-0.3, -0.25) is 9.49 Å². The molecule has 0 bridgehead atoms. The van der Waals surface area contributed by atoms with Gasteiger partial charge in [-0.15, -0.1) is 0 Å². The predicted molar refractivity (Wildman–Crippen MR) is 90.6 cm³/mol. The molecule has 1 fully saturated rings. The fraction of sp³-hybridized carbons (Fsp3) is 0.529. The lowest BCUT2D eigenvalue weighted by molar-refractivity contribution is 0.346. The second kappa shape index (κ2) is 6.17. The van der Waals surface area contributed by atoms with Gasteiger partial charge >= 0.3 is 0 Å². The van der Waals surface area contributed by atoms with Gasteiger partial charge in [0, 0.05) is 24.9 Å². The molecule has 1 aromatic carbocycles. The lowest BCUT2D eigenvalue weighted by Crippen LogP contribution is -2.29. The Morgan fingerprint density at radius 1 is 1.28 bits per heavy atom. The Morgan fingerprint density at radius 3 is 2.80 bits per heavy atom. The zero-order valence-electron chi connectivity index (χ0n) is 14.1. The van der Waals surface area contributed by atoms with Gasteiger partial charge in [0.15, 0.2) is 5.82 Å². The molecule has 0 saturated carbocycles. The van der Waals surface area contributed by atoms with Gasteiger partial charge in [0.05, 0.1) is 11.6 Å². The molecule has 2 aliphatic rings.